The normalized spacial score (nSPS) is 27.1. The molecule has 0 saturated carbocycles. The van der Waals surface area contributed by atoms with Gasteiger partial charge in [0.05, 0.1) is 6.10 Å². The zero-order valence-electron chi connectivity index (χ0n) is 10.8. The molecule has 0 radical (unpaired) electrons. The average Bonchev–Trinajstić information content (AvgIpc) is 2.28. The van der Waals surface area contributed by atoms with Crippen LogP contribution < -0.4 is 5.32 Å². The van der Waals surface area contributed by atoms with Crippen molar-refractivity contribution in [1.82, 2.24) is 10.2 Å². The van der Waals surface area contributed by atoms with E-state index in [1.807, 2.05) is 0 Å². The lowest BCUT2D eigenvalue weighted by molar-refractivity contribution is -0.124. The summed E-state index contributed by atoms with van der Waals surface area (Å²) in [7, 11) is 3.43. The second-order valence-electron chi connectivity index (χ2n) is 4.79. The summed E-state index contributed by atoms with van der Waals surface area (Å²) in [6.07, 6.45) is 1.82. The minimum Gasteiger partial charge on any atom is -0.381 e. The van der Waals surface area contributed by atoms with E-state index < -0.39 is 0 Å². The number of rotatable bonds is 4. The Morgan fingerprint density at radius 1 is 1.56 bits per heavy atom. The first-order valence-corrected chi connectivity index (χ1v) is 6.06. The van der Waals surface area contributed by atoms with Crippen LogP contribution in [0.5, 0.6) is 0 Å². The highest BCUT2D eigenvalue weighted by Gasteiger charge is 2.31. The molecule has 0 aliphatic carbocycles. The minimum atomic E-state index is 0.109. The molecule has 2 atom stereocenters. The summed E-state index contributed by atoms with van der Waals surface area (Å²) in [6.45, 7) is 6.43. The number of nitrogens with one attached hydrogen (secondary N) is 1. The largest absolute Gasteiger partial charge is 0.381 e. The van der Waals surface area contributed by atoms with E-state index in [0.717, 1.165) is 19.5 Å². The first-order valence-electron chi connectivity index (χ1n) is 6.06. The predicted molar refractivity (Wildman–Crippen MR) is 64.3 cm³/mol. The third-order valence-electron chi connectivity index (χ3n) is 3.46. The molecule has 1 N–H and O–H groups in total. The molecule has 94 valence electrons. The van der Waals surface area contributed by atoms with E-state index >= 15 is 0 Å². The Kier molecular flexibility index (Phi) is 5.22. The van der Waals surface area contributed by atoms with Gasteiger partial charge < -0.3 is 15.0 Å². The molecule has 4 nitrogen and oxygen atoms in total. The predicted octanol–water partition coefficient (Wildman–Crippen LogP) is 0.868. The molecule has 0 spiro atoms. The van der Waals surface area contributed by atoms with E-state index in [4.69, 9.17) is 4.74 Å². The Hall–Kier alpha value is -0.610. The summed E-state index contributed by atoms with van der Waals surface area (Å²) in [5, 5.41) is 2.69. The molecule has 0 bridgehead atoms. The quantitative estimate of drug-likeness (QED) is 0.776. The first kappa shape index (κ1) is 13.5. The molecule has 0 unspecified atom stereocenters. The summed E-state index contributed by atoms with van der Waals surface area (Å²) in [6, 6.07) is 0.546. The minimum absolute atomic E-state index is 0.109. The van der Waals surface area contributed by atoms with Crippen LogP contribution in [0, 0.1) is 5.92 Å². The van der Waals surface area contributed by atoms with Crippen LogP contribution >= 0.6 is 0 Å². The molecule has 0 aromatic heterocycles. The number of hydrogen-bond acceptors (Lipinski definition) is 3. The van der Waals surface area contributed by atoms with E-state index in [9.17, 15) is 4.79 Å². The number of likely N-dealkylation sites (tertiary alicyclic amines) is 1. The third kappa shape index (κ3) is 3.46. The Balaban J connectivity index is 2.56. The Labute approximate surface area is 98.3 Å². The number of nitrogens with zero attached hydrogens (tertiary/aromatic N) is 1. The molecule has 1 aliphatic heterocycles. The topological polar surface area (TPSA) is 41.6 Å². The molecule has 0 aromatic carbocycles. The number of carbonyl (C=O) groups is 1. The van der Waals surface area contributed by atoms with Gasteiger partial charge in [0, 0.05) is 45.6 Å². The number of amides is 1. The molecule has 1 heterocycles. The van der Waals surface area contributed by atoms with Crippen LogP contribution in [0.15, 0.2) is 0 Å². The van der Waals surface area contributed by atoms with Gasteiger partial charge in [0.1, 0.15) is 0 Å². The highest BCUT2D eigenvalue weighted by atomic mass is 16.5. The molecule has 16 heavy (non-hydrogen) atoms. The molecule has 0 aromatic rings. The maximum atomic E-state index is 11.4. The fourth-order valence-corrected chi connectivity index (χ4v) is 2.35. The standard InChI is InChI=1S/C12H24N2O2/c1-9(2)14-6-5-11(16-4)10(8-14)7-12(15)13-3/h9-11H,5-8H2,1-4H3,(H,13,15)/t10-,11-/m1/s1. The lowest BCUT2D eigenvalue weighted by atomic mass is 9.90. The lowest BCUT2D eigenvalue weighted by Crippen LogP contribution is -2.47. The highest BCUT2D eigenvalue weighted by Crippen LogP contribution is 2.23. The number of carbonyl (C=O) groups excluding carboxylic acids is 1. The van der Waals surface area contributed by atoms with Gasteiger partial charge in [-0.3, -0.25) is 4.79 Å². The van der Waals surface area contributed by atoms with Gasteiger partial charge >= 0.3 is 0 Å². The van der Waals surface area contributed by atoms with Crippen LogP contribution in [0.2, 0.25) is 0 Å². The van der Waals surface area contributed by atoms with Crippen molar-refractivity contribution in [3.63, 3.8) is 0 Å². The Morgan fingerprint density at radius 2 is 2.25 bits per heavy atom. The molecule has 1 aliphatic rings. The van der Waals surface area contributed by atoms with E-state index in [2.05, 4.69) is 24.1 Å². The van der Waals surface area contributed by atoms with Crippen LogP contribution in [0.1, 0.15) is 26.7 Å². The number of ether oxygens (including phenoxy) is 1. The van der Waals surface area contributed by atoms with E-state index in [1.165, 1.54) is 0 Å². The van der Waals surface area contributed by atoms with Crippen molar-refractivity contribution < 1.29 is 9.53 Å². The van der Waals surface area contributed by atoms with Gasteiger partial charge in [-0.25, -0.2) is 0 Å². The van der Waals surface area contributed by atoms with Crippen LogP contribution in [0.3, 0.4) is 0 Å². The fraction of sp³-hybridized carbons (Fsp3) is 0.917. The zero-order valence-corrected chi connectivity index (χ0v) is 10.8. The third-order valence-corrected chi connectivity index (χ3v) is 3.46. The van der Waals surface area contributed by atoms with Crippen LogP contribution in [-0.4, -0.2) is 50.2 Å². The van der Waals surface area contributed by atoms with Crippen molar-refractivity contribution in [3.05, 3.63) is 0 Å². The molecule has 1 rings (SSSR count). The molecule has 1 saturated heterocycles. The van der Waals surface area contributed by atoms with Gasteiger partial charge in [-0.15, -0.1) is 0 Å². The molecular formula is C12H24N2O2. The molecule has 4 heteroatoms. The van der Waals surface area contributed by atoms with Crippen molar-refractivity contribution in [3.8, 4) is 0 Å². The number of methoxy groups -OCH3 is 1. The Bertz CT molecular complexity index is 231. The van der Waals surface area contributed by atoms with Gasteiger partial charge in [0.2, 0.25) is 5.91 Å². The van der Waals surface area contributed by atoms with E-state index in [0.29, 0.717) is 18.4 Å². The Morgan fingerprint density at radius 3 is 2.75 bits per heavy atom. The summed E-state index contributed by atoms with van der Waals surface area (Å²) >= 11 is 0. The molecule has 1 amide bonds. The van der Waals surface area contributed by atoms with Crippen molar-refractivity contribution in [1.29, 1.82) is 0 Å². The van der Waals surface area contributed by atoms with Gasteiger partial charge in [0.25, 0.3) is 0 Å². The monoisotopic (exact) mass is 228 g/mol. The van der Waals surface area contributed by atoms with Gasteiger partial charge in [-0.1, -0.05) is 0 Å². The van der Waals surface area contributed by atoms with Crippen LogP contribution in [-0.2, 0) is 9.53 Å². The van der Waals surface area contributed by atoms with Crippen LogP contribution in [0.4, 0.5) is 0 Å². The second-order valence-corrected chi connectivity index (χ2v) is 4.79. The number of hydrogen-bond donors (Lipinski definition) is 1. The smallest absolute Gasteiger partial charge is 0.220 e. The van der Waals surface area contributed by atoms with Crippen LogP contribution in [0.25, 0.3) is 0 Å². The molecular weight excluding hydrogens is 204 g/mol. The van der Waals surface area contributed by atoms with Crippen molar-refractivity contribution in [2.75, 3.05) is 27.2 Å². The summed E-state index contributed by atoms with van der Waals surface area (Å²) in [5.74, 6) is 0.429. The summed E-state index contributed by atoms with van der Waals surface area (Å²) in [4.78, 5) is 13.9. The zero-order chi connectivity index (χ0) is 12.1. The maximum Gasteiger partial charge on any atom is 0.220 e. The van der Waals surface area contributed by atoms with Gasteiger partial charge in [-0.05, 0) is 20.3 Å². The lowest BCUT2D eigenvalue weighted by Gasteiger charge is -2.39. The van der Waals surface area contributed by atoms with Crippen molar-refractivity contribution in [2.45, 2.75) is 38.8 Å². The maximum absolute atomic E-state index is 11.4. The van der Waals surface area contributed by atoms with Gasteiger partial charge in [0.15, 0.2) is 0 Å². The van der Waals surface area contributed by atoms with Gasteiger partial charge in [-0.2, -0.15) is 0 Å². The fourth-order valence-electron chi connectivity index (χ4n) is 2.35. The van der Waals surface area contributed by atoms with Crippen molar-refractivity contribution >= 4 is 5.91 Å². The molecule has 1 fully saturated rings. The first-order chi connectivity index (χ1) is 7.58. The average molecular weight is 228 g/mol. The van der Waals surface area contributed by atoms with Crippen molar-refractivity contribution in [2.24, 2.45) is 5.92 Å². The summed E-state index contributed by atoms with van der Waals surface area (Å²) in [5.41, 5.74) is 0. The SMILES string of the molecule is CNC(=O)C[C@@H]1CN(C(C)C)CC[C@H]1OC. The highest BCUT2D eigenvalue weighted by molar-refractivity contribution is 5.75. The summed E-state index contributed by atoms with van der Waals surface area (Å²) < 4.78 is 5.47. The second kappa shape index (κ2) is 6.21. The number of piperidine rings is 1. The van der Waals surface area contributed by atoms with E-state index in [1.54, 1.807) is 14.2 Å². The van der Waals surface area contributed by atoms with E-state index in [-0.39, 0.29) is 12.0 Å².